The van der Waals surface area contributed by atoms with E-state index in [1.54, 1.807) is 14.0 Å². The molecule has 0 spiro atoms. The van der Waals surface area contributed by atoms with E-state index in [1.165, 1.54) is 32.1 Å². The third kappa shape index (κ3) is 6.84. The predicted octanol–water partition coefficient (Wildman–Crippen LogP) is 5.00. The molecule has 1 fully saturated rings. The van der Waals surface area contributed by atoms with Crippen LogP contribution in [0.15, 0.2) is 0 Å². The summed E-state index contributed by atoms with van der Waals surface area (Å²) in [7, 11) is 1.72. The van der Waals surface area contributed by atoms with Gasteiger partial charge in [-0.2, -0.15) is 0 Å². The molecule has 0 radical (unpaired) electrons. The first kappa shape index (κ1) is 21.6. The van der Waals surface area contributed by atoms with Crippen molar-refractivity contribution in [2.24, 2.45) is 23.7 Å². The van der Waals surface area contributed by atoms with Crippen molar-refractivity contribution in [1.82, 2.24) is 0 Å². The zero-order valence-electron chi connectivity index (χ0n) is 16.6. The standard InChI is InChI=1S/C21H40O3/c1-6-8-18(12-15(3)16(4)22)19(9-7-2)13-17-10-11-20(23)21(14-17)24-5/h15,17-21,23H,6-14H2,1-5H3/t15?,17?,18?,19-,20+,21?/m0/s1. The third-order valence-corrected chi connectivity index (χ3v) is 6.14. The molecule has 0 aliphatic heterocycles. The Kier molecular flexibility index (Phi) is 10.1. The minimum Gasteiger partial charge on any atom is -0.390 e. The van der Waals surface area contributed by atoms with E-state index in [2.05, 4.69) is 20.8 Å². The second-order valence-electron chi connectivity index (χ2n) is 8.10. The normalized spacial score (nSPS) is 28.3. The fraction of sp³-hybridized carbons (Fsp3) is 0.952. The van der Waals surface area contributed by atoms with Gasteiger partial charge in [-0.3, -0.25) is 4.79 Å². The summed E-state index contributed by atoms with van der Waals surface area (Å²) in [6.07, 6.45) is 9.84. The molecule has 3 heteroatoms. The van der Waals surface area contributed by atoms with Crippen molar-refractivity contribution < 1.29 is 14.6 Å². The van der Waals surface area contributed by atoms with Crippen molar-refractivity contribution >= 4 is 5.78 Å². The lowest BCUT2D eigenvalue weighted by Gasteiger charge is -2.36. The van der Waals surface area contributed by atoms with E-state index >= 15 is 0 Å². The van der Waals surface area contributed by atoms with Gasteiger partial charge in [0.15, 0.2) is 0 Å². The molecule has 1 N–H and O–H groups in total. The summed E-state index contributed by atoms with van der Waals surface area (Å²) in [6, 6.07) is 0. The van der Waals surface area contributed by atoms with Crippen LogP contribution in [0.5, 0.6) is 0 Å². The number of methoxy groups -OCH3 is 1. The van der Waals surface area contributed by atoms with Gasteiger partial charge in [0.05, 0.1) is 12.2 Å². The van der Waals surface area contributed by atoms with Crippen LogP contribution in [0.3, 0.4) is 0 Å². The molecule has 1 aliphatic carbocycles. The maximum atomic E-state index is 11.7. The van der Waals surface area contributed by atoms with E-state index in [4.69, 9.17) is 4.74 Å². The highest BCUT2D eigenvalue weighted by Crippen LogP contribution is 2.38. The summed E-state index contributed by atoms with van der Waals surface area (Å²) < 4.78 is 5.48. The molecule has 0 aromatic carbocycles. The molecular formula is C21H40O3. The van der Waals surface area contributed by atoms with Crippen molar-refractivity contribution in [2.45, 2.75) is 97.7 Å². The maximum absolute atomic E-state index is 11.7. The number of carbonyl (C=O) groups excluding carboxylic acids is 1. The molecule has 24 heavy (non-hydrogen) atoms. The number of ether oxygens (including phenoxy) is 1. The van der Waals surface area contributed by atoms with Crippen molar-refractivity contribution in [3.8, 4) is 0 Å². The number of hydrogen-bond acceptors (Lipinski definition) is 3. The number of ketones is 1. The monoisotopic (exact) mass is 340 g/mol. The average molecular weight is 341 g/mol. The van der Waals surface area contributed by atoms with Crippen LogP contribution in [0.2, 0.25) is 0 Å². The summed E-state index contributed by atoms with van der Waals surface area (Å²) in [6.45, 7) is 8.35. The molecule has 142 valence electrons. The molecule has 0 amide bonds. The van der Waals surface area contributed by atoms with Crippen LogP contribution >= 0.6 is 0 Å². The van der Waals surface area contributed by atoms with Crippen molar-refractivity contribution in [3.63, 3.8) is 0 Å². The first-order chi connectivity index (χ1) is 11.4. The lowest BCUT2D eigenvalue weighted by Crippen LogP contribution is -2.36. The predicted molar refractivity (Wildman–Crippen MR) is 100 cm³/mol. The number of carbonyl (C=O) groups is 1. The van der Waals surface area contributed by atoms with Gasteiger partial charge in [0.25, 0.3) is 0 Å². The smallest absolute Gasteiger partial charge is 0.132 e. The Bertz CT molecular complexity index is 355. The first-order valence-corrected chi connectivity index (χ1v) is 10.1. The summed E-state index contributed by atoms with van der Waals surface area (Å²) in [5, 5.41) is 10.0. The van der Waals surface area contributed by atoms with Gasteiger partial charge in [-0.1, -0.05) is 46.5 Å². The Morgan fingerprint density at radius 3 is 2.33 bits per heavy atom. The second-order valence-corrected chi connectivity index (χ2v) is 8.10. The zero-order chi connectivity index (χ0) is 18.1. The van der Waals surface area contributed by atoms with Crippen LogP contribution in [-0.4, -0.2) is 30.2 Å². The maximum Gasteiger partial charge on any atom is 0.132 e. The molecule has 0 aromatic heterocycles. The van der Waals surface area contributed by atoms with Crippen LogP contribution in [0, 0.1) is 23.7 Å². The van der Waals surface area contributed by atoms with Gasteiger partial charge < -0.3 is 9.84 Å². The molecule has 4 unspecified atom stereocenters. The number of Topliss-reactive ketones (excluding diaryl/α,β-unsaturated/α-hetero) is 1. The Morgan fingerprint density at radius 2 is 1.79 bits per heavy atom. The largest absolute Gasteiger partial charge is 0.390 e. The lowest BCUT2D eigenvalue weighted by atomic mass is 9.72. The SMILES string of the molecule is CCCC(CC(C)C(C)=O)[C@@H](CCC)CC1CC[C@@H](O)C(OC)C1. The lowest BCUT2D eigenvalue weighted by molar-refractivity contribution is -0.120. The highest BCUT2D eigenvalue weighted by Gasteiger charge is 2.32. The minimum atomic E-state index is -0.292. The highest BCUT2D eigenvalue weighted by molar-refractivity contribution is 5.77. The van der Waals surface area contributed by atoms with Gasteiger partial charge in [-0.25, -0.2) is 0 Å². The first-order valence-electron chi connectivity index (χ1n) is 10.1. The Labute approximate surface area is 149 Å². The van der Waals surface area contributed by atoms with Crippen LogP contribution < -0.4 is 0 Å². The zero-order valence-corrected chi connectivity index (χ0v) is 16.6. The molecule has 0 heterocycles. The summed E-state index contributed by atoms with van der Waals surface area (Å²) in [5.74, 6) is 2.52. The molecular weight excluding hydrogens is 300 g/mol. The van der Waals surface area contributed by atoms with E-state index in [0.717, 1.165) is 25.7 Å². The van der Waals surface area contributed by atoms with Gasteiger partial charge in [0.2, 0.25) is 0 Å². The molecule has 3 nitrogen and oxygen atoms in total. The van der Waals surface area contributed by atoms with E-state index < -0.39 is 0 Å². The van der Waals surface area contributed by atoms with Gasteiger partial charge in [-0.05, 0) is 56.8 Å². The molecule has 1 aliphatic rings. The van der Waals surface area contributed by atoms with Gasteiger partial charge in [-0.15, -0.1) is 0 Å². The Hall–Kier alpha value is -0.410. The Morgan fingerprint density at radius 1 is 1.17 bits per heavy atom. The van der Waals surface area contributed by atoms with Crippen molar-refractivity contribution in [2.75, 3.05) is 7.11 Å². The average Bonchev–Trinajstić information content (AvgIpc) is 2.55. The highest BCUT2D eigenvalue weighted by atomic mass is 16.5. The summed E-state index contributed by atoms with van der Waals surface area (Å²) >= 11 is 0. The molecule has 0 bridgehead atoms. The molecule has 0 aromatic rings. The number of aliphatic hydroxyl groups excluding tert-OH is 1. The number of hydrogen-bond donors (Lipinski definition) is 1. The van der Waals surface area contributed by atoms with Gasteiger partial charge >= 0.3 is 0 Å². The fourth-order valence-electron chi connectivity index (χ4n) is 4.55. The van der Waals surface area contributed by atoms with Gasteiger partial charge in [0.1, 0.15) is 5.78 Å². The van der Waals surface area contributed by atoms with E-state index in [-0.39, 0.29) is 18.1 Å². The van der Waals surface area contributed by atoms with E-state index in [1.807, 2.05) is 0 Å². The molecule has 1 rings (SSSR count). The van der Waals surface area contributed by atoms with E-state index in [9.17, 15) is 9.90 Å². The van der Waals surface area contributed by atoms with Gasteiger partial charge in [0, 0.05) is 13.0 Å². The molecule has 0 saturated heterocycles. The third-order valence-electron chi connectivity index (χ3n) is 6.14. The van der Waals surface area contributed by atoms with Crippen LogP contribution in [0.4, 0.5) is 0 Å². The topological polar surface area (TPSA) is 46.5 Å². The second kappa shape index (κ2) is 11.3. The van der Waals surface area contributed by atoms with E-state index in [0.29, 0.717) is 23.5 Å². The van der Waals surface area contributed by atoms with Crippen LogP contribution in [0.25, 0.3) is 0 Å². The minimum absolute atomic E-state index is 0.00629. The van der Waals surface area contributed by atoms with Crippen molar-refractivity contribution in [1.29, 1.82) is 0 Å². The number of aliphatic hydroxyl groups is 1. The molecule has 6 atom stereocenters. The molecule has 1 saturated carbocycles. The summed E-state index contributed by atoms with van der Waals surface area (Å²) in [4.78, 5) is 11.7. The number of rotatable bonds is 11. The van der Waals surface area contributed by atoms with Crippen LogP contribution in [0.1, 0.15) is 85.5 Å². The quantitative estimate of drug-likeness (QED) is 0.575. The fourth-order valence-corrected chi connectivity index (χ4v) is 4.55. The summed E-state index contributed by atoms with van der Waals surface area (Å²) in [5.41, 5.74) is 0. The Balaban J connectivity index is 2.72. The van der Waals surface area contributed by atoms with Crippen molar-refractivity contribution in [3.05, 3.63) is 0 Å². The van der Waals surface area contributed by atoms with Crippen LogP contribution in [-0.2, 0) is 9.53 Å².